The van der Waals surface area contributed by atoms with Crippen LogP contribution in [0.2, 0.25) is 0 Å². The van der Waals surface area contributed by atoms with E-state index < -0.39 is 0 Å². The van der Waals surface area contributed by atoms with E-state index in [1.165, 1.54) is 5.56 Å². The van der Waals surface area contributed by atoms with Crippen molar-refractivity contribution in [2.45, 2.75) is 26.1 Å². The first kappa shape index (κ1) is 15.0. The lowest BCUT2D eigenvalue weighted by molar-refractivity contribution is 0.199. The first-order chi connectivity index (χ1) is 10.8. The van der Waals surface area contributed by atoms with Gasteiger partial charge in [-0.2, -0.15) is 0 Å². The number of benzene rings is 1. The van der Waals surface area contributed by atoms with Crippen LogP contribution in [0.1, 0.15) is 18.1 Å². The number of hydrogen-bond donors (Lipinski definition) is 1. The number of aromatic nitrogens is 1. The van der Waals surface area contributed by atoms with Crippen LogP contribution in [-0.4, -0.2) is 35.6 Å². The molecular formula is C18H23N3O. The van der Waals surface area contributed by atoms with Gasteiger partial charge in [-0.1, -0.05) is 18.2 Å². The molecule has 4 nitrogen and oxygen atoms in total. The predicted molar refractivity (Wildman–Crippen MR) is 87.8 cm³/mol. The molecule has 0 radical (unpaired) electrons. The molecule has 1 saturated heterocycles. The molecule has 0 saturated carbocycles. The SMILES string of the molecule is CC1CN(Cc2ccc(OCc3cccnc3)cc2)CCN1. The Morgan fingerprint density at radius 3 is 2.82 bits per heavy atom. The molecule has 0 amide bonds. The summed E-state index contributed by atoms with van der Waals surface area (Å²) in [6.07, 6.45) is 3.61. The second-order valence-corrected chi connectivity index (χ2v) is 5.88. The van der Waals surface area contributed by atoms with Crippen molar-refractivity contribution in [1.82, 2.24) is 15.2 Å². The molecule has 2 aromatic rings. The highest BCUT2D eigenvalue weighted by Gasteiger charge is 2.15. The molecule has 3 rings (SSSR count). The number of ether oxygens (including phenoxy) is 1. The van der Waals surface area contributed by atoms with Gasteiger partial charge in [-0.3, -0.25) is 9.88 Å². The largest absolute Gasteiger partial charge is 0.489 e. The number of rotatable bonds is 5. The number of piperazine rings is 1. The van der Waals surface area contributed by atoms with Gasteiger partial charge in [0.15, 0.2) is 0 Å². The molecule has 1 aliphatic rings. The second-order valence-electron chi connectivity index (χ2n) is 5.88. The van der Waals surface area contributed by atoms with E-state index in [4.69, 9.17) is 4.74 Å². The van der Waals surface area contributed by atoms with E-state index >= 15 is 0 Å². The van der Waals surface area contributed by atoms with Crippen molar-refractivity contribution in [2.24, 2.45) is 0 Å². The molecular weight excluding hydrogens is 274 g/mol. The van der Waals surface area contributed by atoms with E-state index in [0.717, 1.165) is 37.5 Å². The van der Waals surface area contributed by atoms with Crippen molar-refractivity contribution in [3.63, 3.8) is 0 Å². The summed E-state index contributed by atoms with van der Waals surface area (Å²) in [6, 6.07) is 12.9. The molecule has 0 aliphatic carbocycles. The lowest BCUT2D eigenvalue weighted by Crippen LogP contribution is -2.48. The summed E-state index contributed by atoms with van der Waals surface area (Å²) < 4.78 is 5.79. The summed E-state index contributed by atoms with van der Waals surface area (Å²) in [4.78, 5) is 6.58. The van der Waals surface area contributed by atoms with Crippen molar-refractivity contribution in [1.29, 1.82) is 0 Å². The van der Waals surface area contributed by atoms with E-state index in [-0.39, 0.29) is 0 Å². The van der Waals surface area contributed by atoms with Gasteiger partial charge < -0.3 is 10.1 Å². The zero-order valence-electron chi connectivity index (χ0n) is 13.0. The van der Waals surface area contributed by atoms with E-state index in [2.05, 4.69) is 46.4 Å². The molecule has 4 heteroatoms. The van der Waals surface area contributed by atoms with Gasteiger partial charge in [0.1, 0.15) is 12.4 Å². The fraction of sp³-hybridized carbons (Fsp3) is 0.389. The molecule has 1 unspecified atom stereocenters. The van der Waals surface area contributed by atoms with Crippen LogP contribution in [0, 0.1) is 0 Å². The van der Waals surface area contributed by atoms with Crippen LogP contribution in [0.4, 0.5) is 0 Å². The molecule has 0 bridgehead atoms. The molecule has 1 aliphatic heterocycles. The van der Waals surface area contributed by atoms with E-state index in [1.54, 1.807) is 6.20 Å². The Balaban J connectivity index is 1.51. The molecule has 22 heavy (non-hydrogen) atoms. The lowest BCUT2D eigenvalue weighted by Gasteiger charge is -2.31. The van der Waals surface area contributed by atoms with Crippen molar-refractivity contribution in [2.75, 3.05) is 19.6 Å². The fourth-order valence-corrected chi connectivity index (χ4v) is 2.76. The van der Waals surface area contributed by atoms with Crippen molar-refractivity contribution < 1.29 is 4.74 Å². The summed E-state index contributed by atoms with van der Waals surface area (Å²) >= 11 is 0. The molecule has 1 atom stereocenters. The van der Waals surface area contributed by atoms with Crippen molar-refractivity contribution in [3.05, 3.63) is 59.9 Å². The minimum absolute atomic E-state index is 0.558. The number of nitrogens with zero attached hydrogens (tertiary/aromatic N) is 2. The Hall–Kier alpha value is -1.91. The Labute approximate surface area is 132 Å². The Morgan fingerprint density at radius 2 is 2.09 bits per heavy atom. The molecule has 1 N–H and O–H groups in total. The fourth-order valence-electron chi connectivity index (χ4n) is 2.76. The monoisotopic (exact) mass is 297 g/mol. The lowest BCUT2D eigenvalue weighted by atomic mass is 10.1. The maximum absolute atomic E-state index is 5.79. The van der Waals surface area contributed by atoms with Crippen molar-refractivity contribution >= 4 is 0 Å². The van der Waals surface area contributed by atoms with Crippen LogP contribution in [-0.2, 0) is 13.2 Å². The van der Waals surface area contributed by atoms with Crippen LogP contribution in [0.5, 0.6) is 5.75 Å². The summed E-state index contributed by atoms with van der Waals surface area (Å²) in [5, 5.41) is 3.47. The van der Waals surface area contributed by atoms with Crippen LogP contribution >= 0.6 is 0 Å². The average molecular weight is 297 g/mol. The summed E-state index contributed by atoms with van der Waals surface area (Å²) in [7, 11) is 0. The van der Waals surface area contributed by atoms with E-state index in [0.29, 0.717) is 12.6 Å². The smallest absolute Gasteiger partial charge is 0.119 e. The average Bonchev–Trinajstić information content (AvgIpc) is 2.55. The third-order valence-electron chi connectivity index (χ3n) is 3.91. The molecule has 116 valence electrons. The maximum Gasteiger partial charge on any atom is 0.119 e. The zero-order chi connectivity index (χ0) is 15.2. The van der Waals surface area contributed by atoms with E-state index in [9.17, 15) is 0 Å². The second kappa shape index (κ2) is 7.38. The first-order valence-electron chi connectivity index (χ1n) is 7.86. The molecule has 1 aromatic heterocycles. The Morgan fingerprint density at radius 1 is 1.23 bits per heavy atom. The highest BCUT2D eigenvalue weighted by atomic mass is 16.5. The maximum atomic E-state index is 5.79. The zero-order valence-corrected chi connectivity index (χ0v) is 13.0. The summed E-state index contributed by atoms with van der Waals surface area (Å²) in [5.74, 6) is 0.904. The normalized spacial score (nSPS) is 19.0. The van der Waals surface area contributed by atoms with E-state index in [1.807, 2.05) is 18.3 Å². The van der Waals surface area contributed by atoms with Crippen LogP contribution in [0.25, 0.3) is 0 Å². The minimum atomic E-state index is 0.558. The molecule has 2 heterocycles. The number of hydrogen-bond acceptors (Lipinski definition) is 4. The Bertz CT molecular complexity index is 571. The summed E-state index contributed by atoms with van der Waals surface area (Å²) in [5.41, 5.74) is 2.42. The third kappa shape index (κ3) is 4.29. The van der Waals surface area contributed by atoms with Crippen LogP contribution in [0.3, 0.4) is 0 Å². The first-order valence-corrected chi connectivity index (χ1v) is 7.86. The van der Waals surface area contributed by atoms with Crippen LogP contribution in [0.15, 0.2) is 48.8 Å². The standard InChI is InChI=1S/C18H23N3O/c1-15-12-21(10-9-20-15)13-16-4-6-18(7-5-16)22-14-17-3-2-8-19-11-17/h2-8,11,15,20H,9-10,12-14H2,1H3. The topological polar surface area (TPSA) is 37.4 Å². The number of nitrogens with one attached hydrogen (secondary N) is 1. The van der Waals surface area contributed by atoms with Gasteiger partial charge in [-0.15, -0.1) is 0 Å². The summed E-state index contributed by atoms with van der Waals surface area (Å²) in [6.45, 7) is 7.11. The highest BCUT2D eigenvalue weighted by molar-refractivity contribution is 5.27. The quantitative estimate of drug-likeness (QED) is 0.920. The molecule has 1 aromatic carbocycles. The van der Waals surface area contributed by atoms with Gasteiger partial charge in [0.2, 0.25) is 0 Å². The van der Waals surface area contributed by atoms with Gasteiger partial charge in [-0.25, -0.2) is 0 Å². The van der Waals surface area contributed by atoms with Crippen LogP contribution < -0.4 is 10.1 Å². The third-order valence-corrected chi connectivity index (χ3v) is 3.91. The molecule has 0 spiro atoms. The molecule has 1 fully saturated rings. The van der Waals surface area contributed by atoms with Gasteiger partial charge in [0.05, 0.1) is 0 Å². The van der Waals surface area contributed by atoms with Gasteiger partial charge in [0.25, 0.3) is 0 Å². The Kier molecular flexibility index (Phi) is 5.03. The van der Waals surface area contributed by atoms with Gasteiger partial charge in [0, 0.05) is 50.2 Å². The predicted octanol–water partition coefficient (Wildman–Crippen LogP) is 2.45. The minimum Gasteiger partial charge on any atom is -0.489 e. The number of pyridine rings is 1. The van der Waals surface area contributed by atoms with Gasteiger partial charge in [-0.05, 0) is 30.7 Å². The highest BCUT2D eigenvalue weighted by Crippen LogP contribution is 2.16. The van der Waals surface area contributed by atoms with Crippen molar-refractivity contribution in [3.8, 4) is 5.75 Å². The van der Waals surface area contributed by atoms with Gasteiger partial charge >= 0.3 is 0 Å².